The first-order chi connectivity index (χ1) is 12.1. The van der Waals surface area contributed by atoms with E-state index in [-0.39, 0.29) is 0 Å². The Morgan fingerprint density at radius 3 is 2.80 bits per heavy atom. The summed E-state index contributed by atoms with van der Waals surface area (Å²) in [6.45, 7) is 9.43. The summed E-state index contributed by atoms with van der Waals surface area (Å²) in [4.78, 5) is 15.9. The quantitative estimate of drug-likeness (QED) is 0.813. The van der Waals surface area contributed by atoms with Crippen LogP contribution in [-0.2, 0) is 16.1 Å². The number of aromatic nitrogens is 2. The molecule has 0 radical (unpaired) electrons. The first-order valence-electron chi connectivity index (χ1n) is 8.21. The lowest BCUT2D eigenvalue weighted by Crippen LogP contribution is -2.43. The molecule has 1 saturated heterocycles. The monoisotopic (exact) mass is 366 g/mol. The number of rotatable bonds is 5. The molecule has 0 atom stereocenters. The van der Waals surface area contributed by atoms with Crippen molar-refractivity contribution in [2.24, 2.45) is 0 Å². The Balaban J connectivity index is 0.000000399. The fourth-order valence-corrected chi connectivity index (χ4v) is 2.57. The number of carbonyl (C=O) groups excluding carboxylic acids is 1. The SMILES string of the molecule is CCOC=O.Cc1ccc(Cl)c(-c2nc(CN3CCNCC3)no2)c1. The molecule has 3 rings (SSSR count). The summed E-state index contributed by atoms with van der Waals surface area (Å²) in [5, 5.41) is 8.00. The van der Waals surface area contributed by atoms with Crippen molar-refractivity contribution in [3.63, 3.8) is 0 Å². The van der Waals surface area contributed by atoms with Crippen molar-refractivity contribution < 1.29 is 14.1 Å². The summed E-state index contributed by atoms with van der Waals surface area (Å²) in [6.07, 6.45) is 0. The summed E-state index contributed by atoms with van der Waals surface area (Å²) >= 11 is 6.19. The van der Waals surface area contributed by atoms with Gasteiger partial charge in [0.25, 0.3) is 12.4 Å². The highest BCUT2D eigenvalue weighted by Gasteiger charge is 2.16. The number of carbonyl (C=O) groups is 1. The Hall–Kier alpha value is -1.96. The number of hydrogen-bond donors (Lipinski definition) is 1. The molecule has 0 unspecified atom stereocenters. The Labute approximate surface area is 152 Å². The van der Waals surface area contributed by atoms with E-state index < -0.39 is 0 Å². The molecule has 136 valence electrons. The average Bonchev–Trinajstić information content (AvgIpc) is 3.07. The number of piperazine rings is 1. The summed E-state index contributed by atoms with van der Waals surface area (Å²) in [5.41, 5.74) is 1.91. The van der Waals surface area contributed by atoms with E-state index >= 15 is 0 Å². The first-order valence-corrected chi connectivity index (χ1v) is 8.59. The minimum absolute atomic E-state index is 0.431. The molecule has 1 aromatic carbocycles. The molecule has 1 aromatic heterocycles. The number of aryl methyl sites for hydroxylation is 1. The molecule has 1 aliphatic heterocycles. The van der Waals surface area contributed by atoms with E-state index in [0.717, 1.165) is 37.3 Å². The van der Waals surface area contributed by atoms with Gasteiger partial charge in [0.2, 0.25) is 0 Å². The highest BCUT2D eigenvalue weighted by molar-refractivity contribution is 6.33. The van der Waals surface area contributed by atoms with E-state index in [2.05, 4.69) is 25.1 Å². The van der Waals surface area contributed by atoms with Gasteiger partial charge in [0.05, 0.1) is 23.7 Å². The molecule has 2 aromatic rings. The van der Waals surface area contributed by atoms with Gasteiger partial charge < -0.3 is 14.6 Å². The molecule has 2 heterocycles. The second kappa shape index (κ2) is 10.1. The van der Waals surface area contributed by atoms with E-state index in [1.165, 1.54) is 0 Å². The molecule has 25 heavy (non-hydrogen) atoms. The lowest BCUT2D eigenvalue weighted by atomic mass is 10.1. The van der Waals surface area contributed by atoms with Crippen LogP contribution in [0.25, 0.3) is 11.5 Å². The van der Waals surface area contributed by atoms with E-state index in [4.69, 9.17) is 16.1 Å². The predicted octanol–water partition coefficient (Wildman–Crippen LogP) is 2.28. The van der Waals surface area contributed by atoms with Crippen LogP contribution in [0.5, 0.6) is 0 Å². The number of benzene rings is 1. The van der Waals surface area contributed by atoms with Crippen LogP contribution in [0.3, 0.4) is 0 Å². The maximum absolute atomic E-state index is 9.18. The first kappa shape index (κ1) is 19.4. The highest BCUT2D eigenvalue weighted by Crippen LogP contribution is 2.27. The van der Waals surface area contributed by atoms with Gasteiger partial charge in [0.1, 0.15) is 0 Å². The molecule has 0 aliphatic carbocycles. The van der Waals surface area contributed by atoms with Crippen LogP contribution in [0.2, 0.25) is 5.02 Å². The van der Waals surface area contributed by atoms with Crippen LogP contribution in [0.1, 0.15) is 18.3 Å². The number of halogens is 1. The number of ether oxygens (including phenoxy) is 1. The van der Waals surface area contributed by atoms with Gasteiger partial charge in [-0.15, -0.1) is 0 Å². The molecule has 0 spiro atoms. The predicted molar refractivity (Wildman–Crippen MR) is 95.3 cm³/mol. The van der Waals surface area contributed by atoms with Crippen LogP contribution < -0.4 is 5.32 Å². The smallest absolute Gasteiger partial charge is 0.293 e. The van der Waals surface area contributed by atoms with Gasteiger partial charge >= 0.3 is 0 Å². The van der Waals surface area contributed by atoms with Crippen LogP contribution in [-0.4, -0.2) is 54.3 Å². The largest absolute Gasteiger partial charge is 0.468 e. The van der Waals surface area contributed by atoms with Gasteiger partial charge in [0.15, 0.2) is 5.82 Å². The fraction of sp³-hybridized carbons (Fsp3) is 0.471. The van der Waals surface area contributed by atoms with E-state index in [9.17, 15) is 4.79 Å². The molecule has 1 N–H and O–H groups in total. The van der Waals surface area contributed by atoms with Crippen molar-refractivity contribution in [3.8, 4) is 11.5 Å². The summed E-state index contributed by atoms with van der Waals surface area (Å²) in [5.74, 6) is 1.20. The van der Waals surface area contributed by atoms with Crippen molar-refractivity contribution in [1.82, 2.24) is 20.4 Å². The lowest BCUT2D eigenvalue weighted by molar-refractivity contribution is -0.128. The van der Waals surface area contributed by atoms with Gasteiger partial charge in [-0.3, -0.25) is 9.69 Å². The van der Waals surface area contributed by atoms with E-state index in [0.29, 0.717) is 36.4 Å². The zero-order valence-corrected chi connectivity index (χ0v) is 15.3. The van der Waals surface area contributed by atoms with E-state index in [1.807, 2.05) is 25.1 Å². The topological polar surface area (TPSA) is 80.5 Å². The molecule has 0 saturated carbocycles. The Bertz CT molecular complexity index is 672. The van der Waals surface area contributed by atoms with Crippen molar-refractivity contribution in [2.45, 2.75) is 20.4 Å². The minimum atomic E-state index is 0.431. The van der Waals surface area contributed by atoms with Crippen LogP contribution in [0.4, 0.5) is 0 Å². The molecule has 0 amide bonds. The van der Waals surface area contributed by atoms with Gasteiger partial charge in [-0.1, -0.05) is 28.4 Å². The lowest BCUT2D eigenvalue weighted by Gasteiger charge is -2.25. The highest BCUT2D eigenvalue weighted by atomic mass is 35.5. The summed E-state index contributed by atoms with van der Waals surface area (Å²) in [6, 6.07) is 5.78. The van der Waals surface area contributed by atoms with Crippen molar-refractivity contribution in [3.05, 3.63) is 34.6 Å². The molecule has 1 aliphatic rings. The van der Waals surface area contributed by atoms with Gasteiger partial charge in [-0.2, -0.15) is 4.98 Å². The molecule has 1 fully saturated rings. The van der Waals surface area contributed by atoms with Crippen LogP contribution >= 0.6 is 11.6 Å². The Morgan fingerprint density at radius 1 is 1.40 bits per heavy atom. The van der Waals surface area contributed by atoms with Gasteiger partial charge in [-0.25, -0.2) is 0 Å². The summed E-state index contributed by atoms with van der Waals surface area (Å²) in [7, 11) is 0. The minimum Gasteiger partial charge on any atom is -0.468 e. The molecule has 8 heteroatoms. The van der Waals surface area contributed by atoms with Gasteiger partial charge in [0, 0.05) is 26.2 Å². The van der Waals surface area contributed by atoms with Crippen LogP contribution in [0.15, 0.2) is 22.7 Å². The Kier molecular flexibility index (Phi) is 7.84. The van der Waals surface area contributed by atoms with Crippen molar-refractivity contribution in [2.75, 3.05) is 32.8 Å². The maximum Gasteiger partial charge on any atom is 0.293 e. The molecule has 7 nitrogen and oxygen atoms in total. The molecular formula is C17H23ClN4O3. The van der Waals surface area contributed by atoms with Crippen molar-refractivity contribution >= 4 is 18.1 Å². The van der Waals surface area contributed by atoms with E-state index in [1.54, 1.807) is 6.92 Å². The third-order valence-corrected chi connectivity index (χ3v) is 3.96. The number of nitrogens with one attached hydrogen (secondary N) is 1. The average molecular weight is 367 g/mol. The van der Waals surface area contributed by atoms with Crippen molar-refractivity contribution in [1.29, 1.82) is 0 Å². The standard InChI is InChI=1S/C14H17ClN4O.C3H6O2/c1-10-2-3-12(15)11(8-10)14-17-13(18-20-14)9-19-6-4-16-5-7-19;1-2-5-3-4/h2-3,8,16H,4-7,9H2,1H3;3H,2H2,1H3. The Morgan fingerprint density at radius 2 is 2.16 bits per heavy atom. The summed E-state index contributed by atoms with van der Waals surface area (Å²) < 4.78 is 9.49. The second-order valence-corrected chi connectivity index (χ2v) is 5.98. The zero-order chi connectivity index (χ0) is 18.1. The third-order valence-electron chi connectivity index (χ3n) is 3.63. The molecular weight excluding hydrogens is 344 g/mol. The zero-order valence-electron chi connectivity index (χ0n) is 14.5. The molecule has 0 bridgehead atoms. The van der Waals surface area contributed by atoms with Gasteiger partial charge in [-0.05, 0) is 26.0 Å². The number of hydrogen-bond acceptors (Lipinski definition) is 7. The normalized spacial score (nSPS) is 14.5. The number of nitrogens with zero attached hydrogens (tertiary/aromatic N) is 3. The van der Waals surface area contributed by atoms with Crippen LogP contribution in [0, 0.1) is 6.92 Å². The maximum atomic E-state index is 9.18. The second-order valence-electron chi connectivity index (χ2n) is 5.58. The fourth-order valence-electron chi connectivity index (χ4n) is 2.37. The third kappa shape index (κ3) is 6.12.